The zero-order chi connectivity index (χ0) is 9.84. The third-order valence-corrected chi connectivity index (χ3v) is 3.27. The molecule has 0 saturated heterocycles. The Hall–Kier alpha value is -0.410. The maximum Gasteiger partial charge on any atom is 0.0896 e. The van der Waals surface area contributed by atoms with E-state index in [0.29, 0.717) is 5.92 Å². The van der Waals surface area contributed by atoms with Crippen molar-refractivity contribution >= 4 is 11.3 Å². The van der Waals surface area contributed by atoms with E-state index in [2.05, 4.69) is 11.9 Å². The van der Waals surface area contributed by atoms with Gasteiger partial charge in [0.05, 0.1) is 11.1 Å². The summed E-state index contributed by atoms with van der Waals surface area (Å²) in [6, 6.07) is 0. The van der Waals surface area contributed by atoms with Crippen LogP contribution in [0.15, 0.2) is 6.20 Å². The van der Waals surface area contributed by atoms with Crippen LogP contribution in [0.2, 0.25) is 0 Å². The minimum absolute atomic E-state index is 0.215. The number of aliphatic hydroxyl groups excluding tert-OH is 1. The average Bonchev–Trinajstić information content (AvgIpc) is 2.46. The fraction of sp³-hybridized carbons (Fsp3) is 0.700. The number of nitrogens with zero attached hydrogens (tertiary/aromatic N) is 1. The lowest BCUT2D eigenvalue weighted by Crippen LogP contribution is -2.17. The molecular formula is C10H17NOS. The van der Waals surface area contributed by atoms with Crippen molar-refractivity contribution < 1.29 is 5.11 Å². The van der Waals surface area contributed by atoms with Gasteiger partial charge >= 0.3 is 0 Å². The standard InChI is InChI=1S/C10H17NOS/c1-4-9(7(2)12)5-10-6-11-8(3)13-10/h6-7,9,12H,4-5H2,1-3H3. The van der Waals surface area contributed by atoms with Gasteiger partial charge in [0.15, 0.2) is 0 Å². The maximum atomic E-state index is 9.46. The van der Waals surface area contributed by atoms with E-state index in [1.165, 1.54) is 4.88 Å². The van der Waals surface area contributed by atoms with E-state index in [1.54, 1.807) is 11.3 Å². The summed E-state index contributed by atoms with van der Waals surface area (Å²) in [6.45, 7) is 5.99. The summed E-state index contributed by atoms with van der Waals surface area (Å²) in [7, 11) is 0. The van der Waals surface area contributed by atoms with E-state index in [9.17, 15) is 5.11 Å². The Morgan fingerprint density at radius 3 is 2.69 bits per heavy atom. The van der Waals surface area contributed by atoms with Crippen LogP contribution >= 0.6 is 11.3 Å². The third-order valence-electron chi connectivity index (χ3n) is 2.34. The molecular weight excluding hydrogens is 182 g/mol. The number of rotatable bonds is 4. The SMILES string of the molecule is CCC(Cc1cnc(C)s1)C(C)O. The molecule has 1 rings (SSSR count). The molecule has 0 amide bonds. The molecule has 3 heteroatoms. The molecule has 0 bridgehead atoms. The fourth-order valence-corrected chi connectivity index (χ4v) is 2.30. The first kappa shape index (κ1) is 10.7. The quantitative estimate of drug-likeness (QED) is 0.807. The molecule has 0 aliphatic carbocycles. The van der Waals surface area contributed by atoms with Gasteiger partial charge in [-0.1, -0.05) is 13.3 Å². The summed E-state index contributed by atoms with van der Waals surface area (Å²) >= 11 is 1.73. The summed E-state index contributed by atoms with van der Waals surface area (Å²) in [5.74, 6) is 0.375. The van der Waals surface area contributed by atoms with Gasteiger partial charge in [-0.2, -0.15) is 0 Å². The minimum Gasteiger partial charge on any atom is -0.393 e. The molecule has 0 fully saturated rings. The Morgan fingerprint density at radius 1 is 1.62 bits per heavy atom. The van der Waals surface area contributed by atoms with Crippen LogP contribution in [0.3, 0.4) is 0 Å². The molecule has 0 saturated carbocycles. The van der Waals surface area contributed by atoms with Crippen LogP contribution in [0.5, 0.6) is 0 Å². The van der Waals surface area contributed by atoms with Crippen molar-refractivity contribution in [3.05, 3.63) is 16.1 Å². The minimum atomic E-state index is -0.215. The van der Waals surface area contributed by atoms with Gasteiger partial charge in [-0.15, -0.1) is 11.3 Å². The summed E-state index contributed by atoms with van der Waals surface area (Å²) in [6.07, 6.45) is 3.69. The number of hydrogen-bond donors (Lipinski definition) is 1. The summed E-state index contributed by atoms with van der Waals surface area (Å²) in [5, 5.41) is 10.6. The van der Waals surface area contributed by atoms with Crippen molar-refractivity contribution in [2.24, 2.45) is 5.92 Å². The van der Waals surface area contributed by atoms with Gasteiger partial charge in [0.1, 0.15) is 0 Å². The second-order valence-corrected chi connectivity index (χ2v) is 4.78. The fourth-order valence-electron chi connectivity index (χ4n) is 1.41. The highest BCUT2D eigenvalue weighted by atomic mass is 32.1. The third kappa shape index (κ3) is 3.08. The average molecular weight is 199 g/mol. The molecule has 2 atom stereocenters. The first-order chi connectivity index (χ1) is 6.13. The van der Waals surface area contributed by atoms with Crippen molar-refractivity contribution in [1.82, 2.24) is 4.98 Å². The number of hydrogen-bond acceptors (Lipinski definition) is 3. The van der Waals surface area contributed by atoms with Crippen molar-refractivity contribution in [2.75, 3.05) is 0 Å². The Kier molecular flexibility index (Phi) is 3.88. The molecule has 1 heterocycles. The van der Waals surface area contributed by atoms with Gasteiger partial charge in [-0.25, -0.2) is 4.98 Å². The second-order valence-electron chi connectivity index (χ2n) is 3.46. The van der Waals surface area contributed by atoms with E-state index in [1.807, 2.05) is 20.0 Å². The Balaban J connectivity index is 2.56. The van der Waals surface area contributed by atoms with Gasteiger partial charge in [-0.05, 0) is 26.2 Å². The normalized spacial score (nSPS) is 15.7. The topological polar surface area (TPSA) is 33.1 Å². The van der Waals surface area contributed by atoms with Crippen LogP contribution in [-0.4, -0.2) is 16.2 Å². The van der Waals surface area contributed by atoms with Crippen LogP contribution in [0.4, 0.5) is 0 Å². The van der Waals surface area contributed by atoms with Crippen molar-refractivity contribution in [3.8, 4) is 0 Å². The molecule has 2 unspecified atom stereocenters. The molecule has 2 nitrogen and oxygen atoms in total. The number of aromatic nitrogens is 1. The highest BCUT2D eigenvalue weighted by molar-refractivity contribution is 7.11. The first-order valence-electron chi connectivity index (χ1n) is 4.72. The van der Waals surface area contributed by atoms with Crippen molar-refractivity contribution in [3.63, 3.8) is 0 Å². The van der Waals surface area contributed by atoms with E-state index < -0.39 is 0 Å². The highest BCUT2D eigenvalue weighted by Gasteiger charge is 2.14. The highest BCUT2D eigenvalue weighted by Crippen LogP contribution is 2.20. The lowest BCUT2D eigenvalue weighted by molar-refractivity contribution is 0.123. The molecule has 74 valence electrons. The first-order valence-corrected chi connectivity index (χ1v) is 5.54. The lowest BCUT2D eigenvalue weighted by Gasteiger charge is -2.16. The molecule has 1 N–H and O–H groups in total. The van der Waals surface area contributed by atoms with Gasteiger partial charge in [0.2, 0.25) is 0 Å². The van der Waals surface area contributed by atoms with Gasteiger partial charge in [-0.3, -0.25) is 0 Å². The Morgan fingerprint density at radius 2 is 2.31 bits per heavy atom. The monoisotopic (exact) mass is 199 g/mol. The van der Waals surface area contributed by atoms with E-state index >= 15 is 0 Å². The maximum absolute atomic E-state index is 9.46. The number of aryl methyl sites for hydroxylation is 1. The van der Waals surface area contributed by atoms with Gasteiger partial charge in [0.25, 0.3) is 0 Å². The predicted molar refractivity (Wildman–Crippen MR) is 56.0 cm³/mol. The molecule has 0 aliphatic rings. The zero-order valence-electron chi connectivity index (χ0n) is 8.45. The predicted octanol–water partition coefficient (Wildman–Crippen LogP) is 2.40. The van der Waals surface area contributed by atoms with Gasteiger partial charge < -0.3 is 5.11 Å². The smallest absolute Gasteiger partial charge is 0.0896 e. The van der Waals surface area contributed by atoms with Gasteiger partial charge in [0, 0.05) is 11.1 Å². The molecule has 1 aromatic heterocycles. The Labute approximate surface area is 83.6 Å². The largest absolute Gasteiger partial charge is 0.393 e. The van der Waals surface area contributed by atoms with Crippen molar-refractivity contribution in [2.45, 2.75) is 39.7 Å². The number of thiazole rings is 1. The molecule has 0 aliphatic heterocycles. The number of aliphatic hydroxyl groups is 1. The molecule has 0 aromatic carbocycles. The van der Waals surface area contributed by atoms with E-state index in [0.717, 1.165) is 17.8 Å². The molecule has 0 spiro atoms. The summed E-state index contributed by atoms with van der Waals surface area (Å²) in [5.41, 5.74) is 0. The van der Waals surface area contributed by atoms with Crippen LogP contribution in [0, 0.1) is 12.8 Å². The molecule has 0 radical (unpaired) electrons. The summed E-state index contributed by atoms with van der Waals surface area (Å²) in [4.78, 5) is 5.48. The zero-order valence-corrected chi connectivity index (χ0v) is 9.27. The van der Waals surface area contributed by atoms with Crippen LogP contribution in [0.25, 0.3) is 0 Å². The van der Waals surface area contributed by atoms with Crippen LogP contribution < -0.4 is 0 Å². The van der Waals surface area contributed by atoms with E-state index in [4.69, 9.17) is 0 Å². The van der Waals surface area contributed by atoms with Crippen molar-refractivity contribution in [1.29, 1.82) is 0 Å². The Bertz CT molecular complexity index is 257. The van der Waals surface area contributed by atoms with Crippen LogP contribution in [0.1, 0.15) is 30.2 Å². The lowest BCUT2D eigenvalue weighted by atomic mass is 9.96. The molecule has 13 heavy (non-hydrogen) atoms. The summed E-state index contributed by atoms with van der Waals surface area (Å²) < 4.78 is 0. The second kappa shape index (κ2) is 4.72. The van der Waals surface area contributed by atoms with E-state index in [-0.39, 0.29) is 6.10 Å². The van der Waals surface area contributed by atoms with Crippen LogP contribution in [-0.2, 0) is 6.42 Å². The molecule has 1 aromatic rings.